The maximum Gasteiger partial charge on any atom is 0.346 e. The molecule has 152 valence electrons. The summed E-state index contributed by atoms with van der Waals surface area (Å²) in [6.45, 7) is 1.86. The third kappa shape index (κ3) is 3.34. The number of nitrogens with one attached hydrogen (secondary N) is 1. The van der Waals surface area contributed by atoms with Crippen LogP contribution in [0.15, 0.2) is 73.1 Å². The molecule has 2 heterocycles. The second-order valence-corrected chi connectivity index (χ2v) is 7.04. The first kappa shape index (κ1) is 19.4. The number of carboxylic acid groups (broad SMARTS) is 1. The number of fused-ring (bicyclic) bond motifs is 1. The highest BCUT2D eigenvalue weighted by atomic mass is 16.5. The van der Waals surface area contributed by atoms with Crippen molar-refractivity contribution in [2.75, 3.05) is 7.11 Å². The van der Waals surface area contributed by atoms with Crippen molar-refractivity contribution in [3.05, 3.63) is 84.2 Å². The fourth-order valence-corrected chi connectivity index (χ4v) is 3.65. The molecule has 0 saturated carbocycles. The Morgan fingerprint density at radius 2 is 1.67 bits per heavy atom. The minimum absolute atomic E-state index is 0.0936. The monoisotopic (exact) mass is 403 g/mol. The van der Waals surface area contributed by atoms with Gasteiger partial charge in [0.1, 0.15) is 0 Å². The van der Waals surface area contributed by atoms with E-state index in [1.807, 2.05) is 67.6 Å². The third-order valence-corrected chi connectivity index (χ3v) is 5.29. The molecule has 4 rings (SSSR count). The molecule has 1 atom stereocenters. The fourth-order valence-electron chi connectivity index (χ4n) is 3.65. The van der Waals surface area contributed by atoms with Crippen LogP contribution in [0.2, 0.25) is 0 Å². The normalized spacial score (nSPS) is 12.5. The van der Waals surface area contributed by atoms with Crippen LogP contribution in [-0.4, -0.2) is 39.2 Å². The number of carbonyl (C=O) groups is 1. The molecule has 0 saturated heterocycles. The van der Waals surface area contributed by atoms with Crippen molar-refractivity contribution in [2.24, 2.45) is 0 Å². The first-order valence-electron chi connectivity index (χ1n) is 9.42. The first-order valence-corrected chi connectivity index (χ1v) is 9.42. The molecular weight excluding hydrogens is 382 g/mol. The largest absolute Gasteiger partial charge is 0.481 e. The zero-order chi connectivity index (χ0) is 21.1. The third-order valence-electron chi connectivity index (χ3n) is 5.29. The van der Waals surface area contributed by atoms with Gasteiger partial charge in [0, 0.05) is 6.07 Å². The molecule has 0 spiro atoms. The van der Waals surface area contributed by atoms with Crippen molar-refractivity contribution in [1.82, 2.24) is 15.0 Å². The number of aromatic nitrogens is 3. The van der Waals surface area contributed by atoms with E-state index in [-0.39, 0.29) is 5.88 Å². The number of imidazole rings is 1. The zero-order valence-corrected chi connectivity index (χ0v) is 16.6. The van der Waals surface area contributed by atoms with Crippen molar-refractivity contribution < 1.29 is 19.4 Å². The summed E-state index contributed by atoms with van der Waals surface area (Å²) in [5.74, 6) is -0.721. The topological polar surface area (TPSA) is 97.3 Å². The minimum atomic E-state index is -1.28. The molecule has 4 aromatic rings. The van der Waals surface area contributed by atoms with Crippen molar-refractivity contribution in [3.8, 4) is 11.8 Å². The van der Waals surface area contributed by atoms with Crippen molar-refractivity contribution in [1.29, 1.82) is 0 Å². The standard InChI is InChI=1S/C23H21N3O4/c1-23(15-9-5-3-6-10-15,16-11-7-4-8-12-16)20(22(27)28)30-21-19-17(24-14-25-19)13-18(26-21)29-2/h3-14,20H,1-2H3,(H,24,25)(H,27,28). The molecule has 1 unspecified atom stereocenters. The van der Waals surface area contributed by atoms with Crippen LogP contribution in [0.5, 0.6) is 11.8 Å². The van der Waals surface area contributed by atoms with Crippen molar-refractivity contribution >= 4 is 17.0 Å². The van der Waals surface area contributed by atoms with Crippen LogP contribution < -0.4 is 9.47 Å². The first-order chi connectivity index (χ1) is 14.5. The van der Waals surface area contributed by atoms with Gasteiger partial charge < -0.3 is 19.6 Å². The molecular formula is C23H21N3O4. The van der Waals surface area contributed by atoms with Gasteiger partial charge in [0.05, 0.1) is 24.4 Å². The molecule has 0 bridgehead atoms. The number of carboxylic acids is 1. The summed E-state index contributed by atoms with van der Waals surface area (Å²) in [4.78, 5) is 24.1. The molecule has 7 heteroatoms. The average molecular weight is 403 g/mol. The summed E-state index contributed by atoms with van der Waals surface area (Å²) < 4.78 is 11.3. The van der Waals surface area contributed by atoms with Gasteiger partial charge in [0.2, 0.25) is 17.9 Å². The van der Waals surface area contributed by atoms with Crippen LogP contribution in [0.1, 0.15) is 18.1 Å². The van der Waals surface area contributed by atoms with Gasteiger partial charge in [0.25, 0.3) is 0 Å². The highest BCUT2D eigenvalue weighted by molar-refractivity contribution is 5.82. The molecule has 0 amide bonds. The van der Waals surface area contributed by atoms with Gasteiger partial charge in [-0.05, 0) is 18.1 Å². The maximum absolute atomic E-state index is 12.5. The van der Waals surface area contributed by atoms with Gasteiger partial charge in [-0.25, -0.2) is 9.78 Å². The molecule has 7 nitrogen and oxygen atoms in total. The predicted octanol–water partition coefficient (Wildman–Crippen LogP) is 3.80. The number of aromatic amines is 1. The summed E-state index contributed by atoms with van der Waals surface area (Å²) >= 11 is 0. The second-order valence-electron chi connectivity index (χ2n) is 7.04. The lowest BCUT2D eigenvalue weighted by molar-refractivity contribution is -0.147. The van der Waals surface area contributed by atoms with Crippen molar-refractivity contribution in [2.45, 2.75) is 18.4 Å². The molecule has 0 radical (unpaired) electrons. The van der Waals surface area contributed by atoms with E-state index in [9.17, 15) is 9.90 Å². The number of pyridine rings is 1. The lowest BCUT2D eigenvalue weighted by Gasteiger charge is -2.36. The van der Waals surface area contributed by atoms with E-state index in [0.717, 1.165) is 11.1 Å². The molecule has 2 aromatic carbocycles. The highest BCUT2D eigenvalue weighted by Gasteiger charge is 2.45. The van der Waals surface area contributed by atoms with Gasteiger partial charge >= 0.3 is 5.97 Å². The Balaban J connectivity index is 1.88. The Bertz CT molecular complexity index is 1120. The van der Waals surface area contributed by atoms with E-state index in [2.05, 4.69) is 15.0 Å². The summed E-state index contributed by atoms with van der Waals surface area (Å²) in [5.41, 5.74) is 1.70. The Hall–Kier alpha value is -3.87. The molecule has 30 heavy (non-hydrogen) atoms. The number of nitrogens with zero attached hydrogens (tertiary/aromatic N) is 2. The number of aliphatic carboxylic acids is 1. The average Bonchev–Trinajstić information content (AvgIpc) is 3.26. The number of hydrogen-bond donors (Lipinski definition) is 2. The number of ether oxygens (including phenoxy) is 2. The number of methoxy groups -OCH3 is 1. The Kier molecular flexibility index (Phi) is 5.10. The van der Waals surface area contributed by atoms with Gasteiger partial charge in [0.15, 0.2) is 5.52 Å². The molecule has 2 N–H and O–H groups in total. The summed E-state index contributed by atoms with van der Waals surface area (Å²) in [6.07, 6.45) is 0.226. The fraction of sp³-hybridized carbons (Fsp3) is 0.174. The van der Waals surface area contributed by atoms with Crippen LogP contribution in [0.25, 0.3) is 11.0 Å². The number of hydrogen-bond acceptors (Lipinski definition) is 5. The van der Waals surface area contributed by atoms with E-state index < -0.39 is 17.5 Å². The highest BCUT2D eigenvalue weighted by Crippen LogP contribution is 2.38. The van der Waals surface area contributed by atoms with Crippen LogP contribution >= 0.6 is 0 Å². The van der Waals surface area contributed by atoms with E-state index in [1.54, 1.807) is 6.07 Å². The Morgan fingerprint density at radius 1 is 1.07 bits per heavy atom. The van der Waals surface area contributed by atoms with Gasteiger partial charge in [-0.3, -0.25) is 0 Å². The predicted molar refractivity (Wildman–Crippen MR) is 112 cm³/mol. The Labute approximate surface area is 173 Å². The summed E-state index contributed by atoms with van der Waals surface area (Å²) in [5, 5.41) is 10.2. The quantitative estimate of drug-likeness (QED) is 0.487. The van der Waals surface area contributed by atoms with E-state index in [4.69, 9.17) is 9.47 Å². The Morgan fingerprint density at radius 3 is 2.20 bits per heavy atom. The molecule has 0 aliphatic rings. The van der Waals surface area contributed by atoms with Crippen LogP contribution in [-0.2, 0) is 10.2 Å². The van der Waals surface area contributed by atoms with E-state index in [1.165, 1.54) is 13.4 Å². The SMILES string of the molecule is COc1cc2[nH]cnc2c(OC(C(=O)O)C(C)(c2ccccc2)c2ccccc2)n1. The lowest BCUT2D eigenvalue weighted by atomic mass is 9.72. The van der Waals surface area contributed by atoms with Crippen molar-refractivity contribution in [3.63, 3.8) is 0 Å². The van der Waals surface area contributed by atoms with Gasteiger partial charge in [-0.1, -0.05) is 60.7 Å². The summed E-state index contributed by atoms with van der Waals surface area (Å²) in [6, 6.07) is 20.6. The van der Waals surface area contributed by atoms with Crippen LogP contribution in [0.3, 0.4) is 0 Å². The van der Waals surface area contributed by atoms with E-state index >= 15 is 0 Å². The second kappa shape index (κ2) is 7.87. The van der Waals surface area contributed by atoms with Crippen LogP contribution in [0.4, 0.5) is 0 Å². The maximum atomic E-state index is 12.5. The smallest absolute Gasteiger partial charge is 0.346 e. The van der Waals surface area contributed by atoms with Gasteiger partial charge in [-0.2, -0.15) is 4.98 Å². The van der Waals surface area contributed by atoms with Gasteiger partial charge in [-0.15, -0.1) is 0 Å². The number of rotatable bonds is 7. The van der Waals surface area contributed by atoms with E-state index in [0.29, 0.717) is 16.9 Å². The molecule has 2 aromatic heterocycles. The molecule has 0 aliphatic heterocycles. The van der Waals surface area contributed by atoms with Crippen LogP contribution in [0, 0.1) is 0 Å². The number of H-pyrrole nitrogens is 1. The summed E-state index contributed by atoms with van der Waals surface area (Å²) in [7, 11) is 1.49. The lowest BCUT2D eigenvalue weighted by Crippen LogP contribution is -2.47. The molecule has 0 fully saturated rings. The minimum Gasteiger partial charge on any atom is -0.481 e. The zero-order valence-electron chi connectivity index (χ0n) is 16.6. The number of benzene rings is 2. The molecule has 0 aliphatic carbocycles.